The van der Waals surface area contributed by atoms with Gasteiger partial charge in [-0.2, -0.15) is 0 Å². The minimum atomic E-state index is -0.850. The van der Waals surface area contributed by atoms with Crippen LogP contribution in [-0.2, 0) is 5.75 Å². The molecule has 1 aromatic heterocycles. The van der Waals surface area contributed by atoms with Gasteiger partial charge in [-0.05, 0) is 18.2 Å². The van der Waals surface area contributed by atoms with Crippen molar-refractivity contribution in [3.63, 3.8) is 0 Å². The fourth-order valence-corrected chi connectivity index (χ4v) is 2.64. The monoisotopic (exact) mass is 274 g/mol. The minimum Gasteiger partial charge on any atom is -0.298 e. The zero-order valence-corrected chi connectivity index (χ0v) is 10.1. The Morgan fingerprint density at radius 1 is 1.29 bits per heavy atom. The second-order valence-electron chi connectivity index (χ2n) is 3.01. The van der Waals surface area contributed by atoms with Gasteiger partial charge in [-0.1, -0.05) is 11.3 Å². The smallest absolute Gasteiger partial charge is 0.219 e. The number of hydrazine groups is 1. The van der Waals surface area contributed by atoms with E-state index in [9.17, 15) is 8.78 Å². The summed E-state index contributed by atoms with van der Waals surface area (Å²) in [6, 6.07) is 3.78. The molecule has 3 N–H and O–H groups in total. The van der Waals surface area contributed by atoms with Gasteiger partial charge in [0, 0.05) is 4.90 Å². The number of nitrogens with one attached hydrogen (secondary N) is 1. The highest BCUT2D eigenvalue weighted by atomic mass is 32.2. The molecule has 0 fully saturated rings. The Morgan fingerprint density at radius 2 is 2.12 bits per heavy atom. The molecule has 0 unspecified atom stereocenters. The van der Waals surface area contributed by atoms with Gasteiger partial charge in [-0.15, -0.1) is 22.0 Å². The summed E-state index contributed by atoms with van der Waals surface area (Å²) in [5, 5.41) is 8.92. The largest absolute Gasteiger partial charge is 0.298 e. The fraction of sp³-hybridized carbons (Fsp3) is 0.111. The second-order valence-corrected chi connectivity index (χ2v) is 5.12. The van der Waals surface area contributed by atoms with Crippen LogP contribution in [0.2, 0.25) is 0 Å². The third kappa shape index (κ3) is 3.11. The number of aromatic nitrogens is 2. The van der Waals surface area contributed by atoms with Crippen LogP contribution in [0.15, 0.2) is 23.1 Å². The Balaban J connectivity index is 1.99. The molecule has 0 saturated heterocycles. The normalized spacial score (nSPS) is 10.5. The lowest BCUT2D eigenvalue weighted by atomic mass is 10.3. The molecule has 4 nitrogen and oxygen atoms in total. The summed E-state index contributed by atoms with van der Waals surface area (Å²) < 4.78 is 25.6. The SMILES string of the molecule is NNc1nnc(CSc2ccc(F)c(F)c2)s1. The van der Waals surface area contributed by atoms with Gasteiger partial charge >= 0.3 is 0 Å². The number of benzene rings is 1. The molecule has 0 spiro atoms. The second kappa shape index (κ2) is 5.39. The van der Waals surface area contributed by atoms with Crippen LogP contribution in [0.1, 0.15) is 5.01 Å². The Bertz CT molecular complexity index is 517. The average molecular weight is 274 g/mol. The van der Waals surface area contributed by atoms with E-state index < -0.39 is 11.6 Å². The number of nitrogen functional groups attached to an aromatic ring is 1. The molecule has 0 amide bonds. The van der Waals surface area contributed by atoms with Gasteiger partial charge in [0.15, 0.2) is 11.6 Å². The molecule has 2 rings (SSSR count). The molecule has 0 aliphatic heterocycles. The molecule has 8 heteroatoms. The predicted octanol–water partition coefficient (Wildman–Crippen LogP) is 2.39. The maximum absolute atomic E-state index is 12.9. The van der Waals surface area contributed by atoms with E-state index in [2.05, 4.69) is 15.6 Å². The molecular weight excluding hydrogens is 266 g/mol. The number of anilines is 1. The predicted molar refractivity (Wildman–Crippen MR) is 63.6 cm³/mol. The van der Waals surface area contributed by atoms with Crippen molar-refractivity contribution in [3.8, 4) is 0 Å². The van der Waals surface area contributed by atoms with Crippen molar-refractivity contribution in [1.29, 1.82) is 0 Å². The lowest BCUT2D eigenvalue weighted by Crippen LogP contribution is -2.05. The Labute approximate surface area is 104 Å². The first-order chi connectivity index (χ1) is 8.19. The number of halogens is 2. The van der Waals surface area contributed by atoms with Crippen LogP contribution in [0.4, 0.5) is 13.9 Å². The lowest BCUT2D eigenvalue weighted by molar-refractivity contribution is 0.506. The van der Waals surface area contributed by atoms with Gasteiger partial charge in [-0.3, -0.25) is 5.43 Å². The maximum Gasteiger partial charge on any atom is 0.219 e. The number of rotatable bonds is 4. The molecule has 1 heterocycles. The highest BCUT2D eigenvalue weighted by Crippen LogP contribution is 2.26. The fourth-order valence-electron chi connectivity index (χ4n) is 1.08. The number of nitrogens with zero attached hydrogens (tertiary/aromatic N) is 2. The first kappa shape index (κ1) is 12.2. The molecule has 0 radical (unpaired) electrons. The van der Waals surface area contributed by atoms with Gasteiger partial charge in [0.1, 0.15) is 5.01 Å². The quantitative estimate of drug-likeness (QED) is 0.509. The Kier molecular flexibility index (Phi) is 3.87. The van der Waals surface area contributed by atoms with Crippen molar-refractivity contribution in [2.45, 2.75) is 10.6 Å². The van der Waals surface area contributed by atoms with Crippen molar-refractivity contribution >= 4 is 28.2 Å². The van der Waals surface area contributed by atoms with Crippen molar-refractivity contribution in [2.24, 2.45) is 5.84 Å². The van der Waals surface area contributed by atoms with E-state index >= 15 is 0 Å². The minimum absolute atomic E-state index is 0.519. The molecule has 0 aliphatic rings. The van der Waals surface area contributed by atoms with Crippen LogP contribution >= 0.6 is 23.1 Å². The number of nitrogens with two attached hydrogens (primary N) is 1. The van der Waals surface area contributed by atoms with Gasteiger partial charge < -0.3 is 0 Å². The summed E-state index contributed by atoms with van der Waals surface area (Å²) in [4.78, 5) is 0.640. The molecule has 0 bridgehead atoms. The van der Waals surface area contributed by atoms with E-state index in [-0.39, 0.29) is 0 Å². The van der Waals surface area contributed by atoms with E-state index in [0.717, 1.165) is 17.1 Å². The lowest BCUT2D eigenvalue weighted by Gasteiger charge is -1.99. The summed E-state index contributed by atoms with van der Waals surface area (Å²) >= 11 is 2.67. The summed E-state index contributed by atoms with van der Waals surface area (Å²) in [5.74, 6) is 4.00. The van der Waals surface area contributed by atoms with Crippen LogP contribution < -0.4 is 11.3 Å². The van der Waals surface area contributed by atoms with E-state index in [1.165, 1.54) is 29.2 Å². The molecule has 1 aromatic carbocycles. The van der Waals surface area contributed by atoms with Crippen LogP contribution in [-0.4, -0.2) is 10.2 Å². The first-order valence-electron chi connectivity index (χ1n) is 4.56. The van der Waals surface area contributed by atoms with E-state index in [1.807, 2.05) is 0 Å². The van der Waals surface area contributed by atoms with Crippen molar-refractivity contribution in [2.75, 3.05) is 5.43 Å². The third-order valence-corrected chi connectivity index (χ3v) is 3.89. The van der Waals surface area contributed by atoms with Crippen LogP contribution in [0.25, 0.3) is 0 Å². The molecule has 0 saturated carbocycles. The van der Waals surface area contributed by atoms with Gasteiger partial charge in [0.2, 0.25) is 5.13 Å². The molecule has 0 aliphatic carbocycles. The number of hydrogen-bond donors (Lipinski definition) is 2. The van der Waals surface area contributed by atoms with Crippen LogP contribution in [0.5, 0.6) is 0 Å². The number of thioether (sulfide) groups is 1. The van der Waals surface area contributed by atoms with Gasteiger partial charge in [0.25, 0.3) is 0 Å². The van der Waals surface area contributed by atoms with Gasteiger partial charge in [0.05, 0.1) is 5.75 Å². The van der Waals surface area contributed by atoms with Crippen molar-refractivity contribution < 1.29 is 8.78 Å². The average Bonchev–Trinajstić information content (AvgIpc) is 2.79. The standard InChI is InChI=1S/C9H8F2N4S2/c10-6-2-1-5(3-7(6)11)16-4-8-14-15-9(13-12)17-8/h1-3H,4,12H2,(H,13,15). The zero-order valence-electron chi connectivity index (χ0n) is 8.48. The zero-order chi connectivity index (χ0) is 12.3. The number of hydrogen-bond acceptors (Lipinski definition) is 6. The van der Waals surface area contributed by atoms with Crippen molar-refractivity contribution in [1.82, 2.24) is 10.2 Å². The van der Waals surface area contributed by atoms with Crippen LogP contribution in [0, 0.1) is 11.6 Å². The van der Waals surface area contributed by atoms with Gasteiger partial charge in [-0.25, -0.2) is 14.6 Å². The van der Waals surface area contributed by atoms with Crippen LogP contribution in [0.3, 0.4) is 0 Å². The summed E-state index contributed by atoms with van der Waals surface area (Å²) in [7, 11) is 0. The Morgan fingerprint density at radius 3 is 2.76 bits per heavy atom. The highest BCUT2D eigenvalue weighted by molar-refractivity contribution is 7.98. The third-order valence-electron chi connectivity index (χ3n) is 1.84. The summed E-state index contributed by atoms with van der Waals surface area (Å²) in [5.41, 5.74) is 2.39. The van der Waals surface area contributed by atoms with E-state index in [0.29, 0.717) is 15.8 Å². The topological polar surface area (TPSA) is 63.8 Å². The first-order valence-corrected chi connectivity index (χ1v) is 6.36. The molecular formula is C9H8F2N4S2. The molecule has 2 aromatic rings. The van der Waals surface area contributed by atoms with E-state index in [4.69, 9.17) is 5.84 Å². The maximum atomic E-state index is 12.9. The highest BCUT2D eigenvalue weighted by Gasteiger charge is 2.06. The van der Waals surface area contributed by atoms with Crippen molar-refractivity contribution in [3.05, 3.63) is 34.8 Å². The molecule has 17 heavy (non-hydrogen) atoms. The summed E-state index contributed by atoms with van der Waals surface area (Å²) in [6.07, 6.45) is 0. The molecule has 0 atom stereocenters. The van der Waals surface area contributed by atoms with E-state index in [1.54, 1.807) is 0 Å². The Hall–Kier alpha value is -1.25. The summed E-state index contributed by atoms with van der Waals surface area (Å²) in [6.45, 7) is 0. The molecule has 90 valence electrons.